The Kier molecular flexibility index (Phi) is 3.41. The lowest BCUT2D eigenvalue weighted by Gasteiger charge is -2.25. The minimum atomic E-state index is -1.01. The van der Waals surface area contributed by atoms with Crippen LogP contribution in [0.1, 0.15) is 36.8 Å². The summed E-state index contributed by atoms with van der Waals surface area (Å²) in [6, 6.07) is 7.85. The lowest BCUT2D eigenvalue weighted by atomic mass is 9.75. The molecule has 0 saturated heterocycles. The van der Waals surface area contributed by atoms with Gasteiger partial charge < -0.3 is 0 Å². The molecule has 2 rings (SSSR count). The predicted octanol–water partition coefficient (Wildman–Crippen LogP) is 2.22. The number of carbonyl (C=O) groups is 3. The molecule has 0 unspecified atom stereocenters. The Morgan fingerprint density at radius 3 is 2.00 bits per heavy atom. The molecule has 1 fully saturated rings. The number of benzene rings is 1. The maximum absolute atomic E-state index is 11.9. The fourth-order valence-electron chi connectivity index (χ4n) is 2.50. The van der Waals surface area contributed by atoms with Crippen LogP contribution in [0.5, 0.6) is 0 Å². The van der Waals surface area contributed by atoms with Crippen LogP contribution in [-0.4, -0.2) is 17.3 Å². The molecule has 1 aromatic rings. The predicted molar refractivity (Wildman–Crippen MR) is 67.3 cm³/mol. The van der Waals surface area contributed by atoms with Gasteiger partial charge in [-0.1, -0.05) is 29.8 Å². The largest absolute Gasteiger partial charge is 0.299 e. The van der Waals surface area contributed by atoms with Crippen LogP contribution in [-0.2, 0) is 14.4 Å². The van der Waals surface area contributed by atoms with Gasteiger partial charge in [-0.2, -0.15) is 0 Å². The minimum Gasteiger partial charge on any atom is -0.299 e. The molecular weight excluding hydrogens is 228 g/mol. The molecule has 1 aliphatic rings. The van der Waals surface area contributed by atoms with Gasteiger partial charge in [0.1, 0.15) is 11.7 Å². The number of carbonyl (C=O) groups excluding carboxylic acids is 3. The van der Waals surface area contributed by atoms with Crippen molar-refractivity contribution in [3.63, 3.8) is 0 Å². The van der Waals surface area contributed by atoms with Crippen molar-refractivity contribution in [2.75, 3.05) is 0 Å². The quantitative estimate of drug-likeness (QED) is 0.749. The van der Waals surface area contributed by atoms with Crippen molar-refractivity contribution >= 4 is 17.3 Å². The normalized spacial score (nSPS) is 24.1. The van der Waals surface area contributed by atoms with Crippen molar-refractivity contribution < 1.29 is 14.4 Å². The third-order valence-corrected chi connectivity index (χ3v) is 3.49. The van der Waals surface area contributed by atoms with Gasteiger partial charge in [0.15, 0.2) is 11.6 Å². The van der Waals surface area contributed by atoms with Crippen LogP contribution in [0.25, 0.3) is 0 Å². The lowest BCUT2D eigenvalue weighted by molar-refractivity contribution is -0.141. The van der Waals surface area contributed by atoms with Gasteiger partial charge in [-0.3, -0.25) is 14.4 Å². The summed E-state index contributed by atoms with van der Waals surface area (Å²) in [5, 5.41) is 0. The van der Waals surface area contributed by atoms with E-state index in [2.05, 4.69) is 0 Å². The first kappa shape index (κ1) is 12.7. The number of ketones is 3. The first-order chi connectivity index (χ1) is 8.49. The second-order valence-electron chi connectivity index (χ2n) is 4.99. The highest BCUT2D eigenvalue weighted by Gasteiger charge is 2.38. The van der Waals surface area contributed by atoms with Gasteiger partial charge in [0, 0.05) is 12.8 Å². The second-order valence-corrected chi connectivity index (χ2v) is 4.99. The second kappa shape index (κ2) is 4.84. The number of rotatable bonds is 2. The summed E-state index contributed by atoms with van der Waals surface area (Å²) in [5.41, 5.74) is 2.15. The maximum atomic E-state index is 11.9. The molecule has 1 saturated carbocycles. The van der Waals surface area contributed by atoms with Crippen LogP contribution in [0.15, 0.2) is 24.3 Å². The fourth-order valence-corrected chi connectivity index (χ4v) is 2.50. The SMILES string of the molecule is CC(=O)C1C(=O)CC(c2ccc(C)cc2)CC1=O. The zero-order chi connectivity index (χ0) is 13.3. The molecule has 18 heavy (non-hydrogen) atoms. The Hall–Kier alpha value is -1.77. The molecule has 0 bridgehead atoms. The molecule has 1 aromatic carbocycles. The van der Waals surface area contributed by atoms with Crippen molar-refractivity contribution in [2.24, 2.45) is 5.92 Å². The van der Waals surface area contributed by atoms with Crippen molar-refractivity contribution in [3.05, 3.63) is 35.4 Å². The van der Waals surface area contributed by atoms with Gasteiger partial charge in [-0.05, 0) is 25.3 Å². The summed E-state index contributed by atoms with van der Waals surface area (Å²) in [7, 11) is 0. The number of hydrogen-bond donors (Lipinski definition) is 0. The van der Waals surface area contributed by atoms with Crippen LogP contribution in [0.3, 0.4) is 0 Å². The Bertz CT molecular complexity index is 481. The van der Waals surface area contributed by atoms with Crippen molar-refractivity contribution in [1.29, 1.82) is 0 Å². The van der Waals surface area contributed by atoms with Crippen molar-refractivity contribution in [3.8, 4) is 0 Å². The number of aryl methyl sites for hydroxylation is 1. The Morgan fingerprint density at radius 2 is 1.56 bits per heavy atom. The number of hydrogen-bond acceptors (Lipinski definition) is 3. The molecule has 0 aliphatic heterocycles. The molecule has 1 aliphatic carbocycles. The van der Waals surface area contributed by atoms with Crippen LogP contribution in [0.4, 0.5) is 0 Å². The van der Waals surface area contributed by atoms with Crippen molar-refractivity contribution in [1.82, 2.24) is 0 Å². The first-order valence-corrected chi connectivity index (χ1v) is 6.11. The fraction of sp³-hybridized carbons (Fsp3) is 0.400. The van der Waals surface area contributed by atoms with Crippen LogP contribution in [0, 0.1) is 12.8 Å². The van der Waals surface area contributed by atoms with E-state index >= 15 is 0 Å². The van der Waals surface area contributed by atoms with E-state index in [4.69, 9.17) is 0 Å². The number of Topliss-reactive ketones (excluding diaryl/α,β-unsaturated/α-hetero) is 3. The molecule has 0 spiro atoms. The van der Waals surface area contributed by atoms with E-state index in [1.54, 1.807) is 0 Å². The summed E-state index contributed by atoms with van der Waals surface area (Å²) < 4.78 is 0. The van der Waals surface area contributed by atoms with E-state index in [0.29, 0.717) is 12.8 Å². The van der Waals surface area contributed by atoms with Gasteiger partial charge >= 0.3 is 0 Å². The average molecular weight is 244 g/mol. The molecule has 94 valence electrons. The zero-order valence-corrected chi connectivity index (χ0v) is 10.6. The van der Waals surface area contributed by atoms with Crippen LogP contribution < -0.4 is 0 Å². The summed E-state index contributed by atoms with van der Waals surface area (Å²) in [6.45, 7) is 3.30. The van der Waals surface area contributed by atoms with Crippen LogP contribution in [0.2, 0.25) is 0 Å². The highest BCUT2D eigenvalue weighted by molar-refractivity contribution is 6.20. The average Bonchev–Trinajstić information content (AvgIpc) is 2.28. The third-order valence-electron chi connectivity index (χ3n) is 3.49. The molecule has 0 N–H and O–H groups in total. The molecule has 0 radical (unpaired) electrons. The summed E-state index contributed by atoms with van der Waals surface area (Å²) in [4.78, 5) is 35.0. The monoisotopic (exact) mass is 244 g/mol. The molecule has 0 aromatic heterocycles. The summed E-state index contributed by atoms with van der Waals surface area (Å²) >= 11 is 0. The minimum absolute atomic E-state index is 0.0683. The van der Waals surface area contributed by atoms with Gasteiger partial charge in [0.05, 0.1) is 0 Å². The van der Waals surface area contributed by atoms with Crippen LogP contribution >= 0.6 is 0 Å². The smallest absolute Gasteiger partial charge is 0.151 e. The summed E-state index contributed by atoms with van der Waals surface area (Å²) in [5.74, 6) is -1.87. The molecule has 0 atom stereocenters. The standard InChI is InChI=1S/C15H16O3/c1-9-3-5-11(6-4-9)12-7-13(17)15(10(2)16)14(18)8-12/h3-6,12,15H,7-8H2,1-2H3. The summed E-state index contributed by atoms with van der Waals surface area (Å²) in [6.07, 6.45) is 0.581. The highest BCUT2D eigenvalue weighted by atomic mass is 16.2. The highest BCUT2D eigenvalue weighted by Crippen LogP contribution is 2.32. The Morgan fingerprint density at radius 1 is 1.06 bits per heavy atom. The first-order valence-electron chi connectivity index (χ1n) is 6.11. The maximum Gasteiger partial charge on any atom is 0.151 e. The molecule has 0 amide bonds. The van der Waals surface area contributed by atoms with Gasteiger partial charge in [0.25, 0.3) is 0 Å². The van der Waals surface area contributed by atoms with Crippen molar-refractivity contribution in [2.45, 2.75) is 32.6 Å². The lowest BCUT2D eigenvalue weighted by Crippen LogP contribution is -2.36. The van der Waals surface area contributed by atoms with E-state index in [-0.39, 0.29) is 23.3 Å². The van der Waals surface area contributed by atoms with E-state index in [9.17, 15) is 14.4 Å². The van der Waals surface area contributed by atoms with E-state index in [1.807, 2.05) is 31.2 Å². The molecule has 0 heterocycles. The van der Waals surface area contributed by atoms with E-state index in [1.165, 1.54) is 6.92 Å². The Labute approximate surface area is 106 Å². The Balaban J connectivity index is 2.20. The molecule has 3 heteroatoms. The van der Waals surface area contributed by atoms with Gasteiger partial charge in [-0.25, -0.2) is 0 Å². The van der Waals surface area contributed by atoms with Gasteiger partial charge in [-0.15, -0.1) is 0 Å². The third kappa shape index (κ3) is 2.40. The topological polar surface area (TPSA) is 51.2 Å². The zero-order valence-electron chi connectivity index (χ0n) is 10.6. The molecular formula is C15H16O3. The van der Waals surface area contributed by atoms with Gasteiger partial charge in [0.2, 0.25) is 0 Å². The van der Waals surface area contributed by atoms with E-state index in [0.717, 1.165) is 11.1 Å². The molecule has 3 nitrogen and oxygen atoms in total. The van der Waals surface area contributed by atoms with E-state index < -0.39 is 5.92 Å².